The van der Waals surface area contributed by atoms with Crippen LogP contribution in [0.15, 0.2) is 12.1 Å². The molecule has 21 heavy (non-hydrogen) atoms. The van der Waals surface area contributed by atoms with Crippen molar-refractivity contribution in [2.24, 2.45) is 0 Å². The number of carbonyl (C=O) groups is 1. The maximum atomic E-state index is 11.6. The van der Waals surface area contributed by atoms with Gasteiger partial charge in [-0.2, -0.15) is 0 Å². The fourth-order valence-electron chi connectivity index (χ4n) is 1.85. The van der Waals surface area contributed by atoms with Crippen LogP contribution in [0.5, 0.6) is 17.2 Å². The van der Waals surface area contributed by atoms with Crippen LogP contribution in [0, 0.1) is 0 Å². The molecule has 118 valence electrons. The average molecular weight is 296 g/mol. The predicted octanol–water partition coefficient (Wildman–Crippen LogP) is 1.33. The molecule has 0 radical (unpaired) electrons. The Balaban J connectivity index is 2.81. The second-order valence-corrected chi connectivity index (χ2v) is 4.39. The minimum absolute atomic E-state index is 0.00355. The molecule has 0 unspecified atom stereocenters. The fraction of sp³-hybridized carbons (Fsp3) is 0.533. The van der Waals surface area contributed by atoms with Crippen LogP contribution >= 0.6 is 0 Å². The maximum Gasteiger partial charge on any atom is 0.221 e. The van der Waals surface area contributed by atoms with Crippen LogP contribution in [0.25, 0.3) is 0 Å². The minimum atomic E-state index is -0.00355. The van der Waals surface area contributed by atoms with Crippen molar-refractivity contribution >= 4 is 5.91 Å². The van der Waals surface area contributed by atoms with Gasteiger partial charge in [0.15, 0.2) is 11.5 Å². The van der Waals surface area contributed by atoms with E-state index in [1.165, 1.54) is 0 Å². The molecular weight excluding hydrogens is 272 g/mol. The van der Waals surface area contributed by atoms with Crippen molar-refractivity contribution < 1.29 is 19.0 Å². The van der Waals surface area contributed by atoms with Gasteiger partial charge >= 0.3 is 0 Å². The minimum Gasteiger partial charge on any atom is -0.493 e. The molecule has 0 fully saturated rings. The van der Waals surface area contributed by atoms with Crippen molar-refractivity contribution in [3.05, 3.63) is 17.7 Å². The van der Waals surface area contributed by atoms with E-state index >= 15 is 0 Å². The normalized spacial score (nSPS) is 10.1. The lowest BCUT2D eigenvalue weighted by Gasteiger charge is -2.15. The Morgan fingerprint density at radius 3 is 2.29 bits per heavy atom. The molecule has 0 aliphatic rings. The first-order chi connectivity index (χ1) is 10.2. The number of ether oxygens (including phenoxy) is 3. The van der Waals surface area contributed by atoms with Crippen LogP contribution in [-0.4, -0.2) is 40.3 Å². The van der Waals surface area contributed by atoms with Gasteiger partial charge in [0.25, 0.3) is 0 Å². The topological polar surface area (TPSA) is 68.8 Å². The molecule has 0 spiro atoms. The molecule has 0 heterocycles. The Morgan fingerprint density at radius 2 is 1.81 bits per heavy atom. The van der Waals surface area contributed by atoms with E-state index in [1.54, 1.807) is 14.2 Å². The lowest BCUT2D eigenvalue weighted by Crippen LogP contribution is -2.26. The summed E-state index contributed by atoms with van der Waals surface area (Å²) in [6.07, 6.45) is 0.446. The predicted molar refractivity (Wildman–Crippen MR) is 81.1 cm³/mol. The Morgan fingerprint density at radius 1 is 1.19 bits per heavy atom. The summed E-state index contributed by atoms with van der Waals surface area (Å²) in [4.78, 5) is 11.6. The maximum absolute atomic E-state index is 11.6. The van der Waals surface area contributed by atoms with E-state index in [0.717, 1.165) is 5.56 Å². The molecule has 0 aromatic heterocycles. The van der Waals surface area contributed by atoms with Crippen LogP contribution < -0.4 is 24.8 Å². The summed E-state index contributed by atoms with van der Waals surface area (Å²) in [6, 6.07) is 3.68. The summed E-state index contributed by atoms with van der Waals surface area (Å²) in [7, 11) is 4.97. The number of hydrogen-bond acceptors (Lipinski definition) is 5. The number of amides is 1. The zero-order chi connectivity index (χ0) is 15.7. The van der Waals surface area contributed by atoms with Crippen LogP contribution in [-0.2, 0) is 11.3 Å². The van der Waals surface area contributed by atoms with Crippen LogP contribution in [0.3, 0.4) is 0 Å². The van der Waals surface area contributed by atoms with E-state index in [0.29, 0.717) is 43.4 Å². The zero-order valence-corrected chi connectivity index (χ0v) is 13.1. The highest BCUT2D eigenvalue weighted by atomic mass is 16.5. The number of methoxy groups -OCH3 is 2. The first-order valence-electron chi connectivity index (χ1n) is 6.95. The Bertz CT molecular complexity index is 438. The summed E-state index contributed by atoms with van der Waals surface area (Å²) < 4.78 is 16.2. The molecule has 6 nitrogen and oxygen atoms in total. The molecular formula is C15H24N2O4. The van der Waals surface area contributed by atoms with Gasteiger partial charge in [0.05, 0.1) is 20.8 Å². The van der Waals surface area contributed by atoms with Gasteiger partial charge in [0.2, 0.25) is 11.7 Å². The summed E-state index contributed by atoms with van der Waals surface area (Å²) in [6.45, 7) is 3.49. The molecule has 1 aromatic rings. The van der Waals surface area contributed by atoms with Crippen molar-refractivity contribution in [3.8, 4) is 17.2 Å². The summed E-state index contributed by atoms with van der Waals surface area (Å²) >= 11 is 0. The monoisotopic (exact) mass is 296 g/mol. The molecule has 6 heteroatoms. The summed E-state index contributed by atoms with van der Waals surface area (Å²) in [5.74, 6) is 1.76. The van der Waals surface area contributed by atoms with E-state index in [4.69, 9.17) is 14.2 Å². The summed E-state index contributed by atoms with van der Waals surface area (Å²) in [5.41, 5.74) is 0.893. The average Bonchev–Trinajstić information content (AvgIpc) is 2.51. The molecule has 0 atom stereocenters. The molecule has 0 bridgehead atoms. The van der Waals surface area contributed by atoms with Crippen molar-refractivity contribution in [3.63, 3.8) is 0 Å². The quantitative estimate of drug-likeness (QED) is 0.719. The van der Waals surface area contributed by atoms with Crippen molar-refractivity contribution in [2.45, 2.75) is 19.9 Å². The number of nitrogens with one attached hydrogen (secondary N) is 2. The lowest BCUT2D eigenvalue weighted by molar-refractivity contribution is -0.121. The Labute approximate surface area is 125 Å². The number of carbonyl (C=O) groups excluding carboxylic acids is 1. The molecule has 0 saturated carbocycles. The molecule has 2 N–H and O–H groups in total. The largest absolute Gasteiger partial charge is 0.493 e. The Kier molecular flexibility index (Phi) is 7.39. The number of benzene rings is 1. The molecule has 0 saturated heterocycles. The first kappa shape index (κ1) is 17.1. The molecule has 0 aliphatic carbocycles. The molecule has 0 aliphatic heterocycles. The van der Waals surface area contributed by atoms with E-state index in [1.807, 2.05) is 26.1 Å². The van der Waals surface area contributed by atoms with Gasteiger partial charge in [-0.25, -0.2) is 0 Å². The highest BCUT2D eigenvalue weighted by Crippen LogP contribution is 2.38. The second kappa shape index (κ2) is 9.07. The van der Waals surface area contributed by atoms with Gasteiger partial charge in [-0.1, -0.05) is 0 Å². The van der Waals surface area contributed by atoms with E-state index in [9.17, 15) is 4.79 Å². The third kappa shape index (κ3) is 5.15. The van der Waals surface area contributed by atoms with Crippen LogP contribution in [0.1, 0.15) is 18.9 Å². The van der Waals surface area contributed by atoms with Gasteiger partial charge < -0.3 is 24.8 Å². The van der Waals surface area contributed by atoms with Gasteiger partial charge in [-0.05, 0) is 31.7 Å². The smallest absolute Gasteiger partial charge is 0.221 e. The fourth-order valence-corrected chi connectivity index (χ4v) is 1.85. The van der Waals surface area contributed by atoms with Gasteiger partial charge in [-0.15, -0.1) is 0 Å². The van der Waals surface area contributed by atoms with Crippen molar-refractivity contribution in [1.29, 1.82) is 0 Å². The van der Waals surface area contributed by atoms with Crippen molar-refractivity contribution in [1.82, 2.24) is 10.6 Å². The highest BCUT2D eigenvalue weighted by molar-refractivity contribution is 5.76. The van der Waals surface area contributed by atoms with E-state index in [2.05, 4.69) is 10.6 Å². The number of hydrogen-bond donors (Lipinski definition) is 2. The second-order valence-electron chi connectivity index (χ2n) is 4.39. The molecule has 1 aromatic carbocycles. The third-order valence-electron chi connectivity index (χ3n) is 2.90. The van der Waals surface area contributed by atoms with Crippen LogP contribution in [0.4, 0.5) is 0 Å². The van der Waals surface area contributed by atoms with Gasteiger partial charge in [-0.3, -0.25) is 4.79 Å². The molecule has 1 amide bonds. The Hall–Kier alpha value is -1.95. The molecule has 1 rings (SSSR count). The van der Waals surface area contributed by atoms with E-state index < -0.39 is 0 Å². The summed E-state index contributed by atoms with van der Waals surface area (Å²) in [5, 5.41) is 5.79. The SMILES string of the molecule is CCOc1c(OC)cc(CNC(=O)CCNC)cc1OC. The third-order valence-corrected chi connectivity index (χ3v) is 2.90. The lowest BCUT2D eigenvalue weighted by atomic mass is 10.1. The van der Waals surface area contributed by atoms with E-state index in [-0.39, 0.29) is 5.91 Å². The highest BCUT2D eigenvalue weighted by Gasteiger charge is 2.14. The van der Waals surface area contributed by atoms with Gasteiger partial charge in [0, 0.05) is 19.5 Å². The van der Waals surface area contributed by atoms with Gasteiger partial charge in [0.1, 0.15) is 0 Å². The van der Waals surface area contributed by atoms with Crippen LogP contribution in [0.2, 0.25) is 0 Å². The first-order valence-corrected chi connectivity index (χ1v) is 6.95. The zero-order valence-electron chi connectivity index (χ0n) is 13.1. The standard InChI is InChI=1S/C15H24N2O4/c1-5-21-15-12(19-3)8-11(9-13(15)20-4)10-17-14(18)6-7-16-2/h8-9,16H,5-7,10H2,1-4H3,(H,17,18). The number of rotatable bonds is 9. The van der Waals surface area contributed by atoms with Crippen molar-refractivity contribution in [2.75, 3.05) is 34.4 Å².